The first kappa shape index (κ1) is 15.7. The van der Waals surface area contributed by atoms with E-state index in [4.69, 9.17) is 4.74 Å². The molecule has 1 atom stereocenters. The number of morpholine rings is 1. The van der Waals surface area contributed by atoms with Gasteiger partial charge in [0, 0.05) is 24.7 Å². The van der Waals surface area contributed by atoms with Gasteiger partial charge in [-0.25, -0.2) is 4.39 Å². The number of hydrogen-bond acceptors (Lipinski definition) is 3. The highest BCUT2D eigenvalue weighted by Gasteiger charge is 2.31. The number of amides is 1. The maximum atomic E-state index is 13.2. The number of ether oxygens (including phenoxy) is 1. The summed E-state index contributed by atoms with van der Waals surface area (Å²) in [6, 6.07) is 1.73. The molecule has 21 heavy (non-hydrogen) atoms. The number of hydrogen-bond donors (Lipinski definition) is 2. The molecule has 0 aromatic heterocycles. The SMILES string of the molecule is O=C(C[C@@H]1COCCN1)Nc1cc(F)cc(C(F)(F)F)c1. The third-order valence-corrected chi connectivity index (χ3v) is 2.94. The molecule has 1 heterocycles. The number of alkyl halides is 3. The number of nitrogens with one attached hydrogen (secondary N) is 2. The van der Waals surface area contributed by atoms with Crippen LogP contribution in [0.15, 0.2) is 18.2 Å². The summed E-state index contributed by atoms with van der Waals surface area (Å²) in [5.74, 6) is -1.56. The van der Waals surface area contributed by atoms with Crippen LogP contribution in [0, 0.1) is 5.82 Å². The summed E-state index contributed by atoms with van der Waals surface area (Å²) in [5.41, 5.74) is -1.36. The van der Waals surface area contributed by atoms with Crippen LogP contribution in [0.1, 0.15) is 12.0 Å². The van der Waals surface area contributed by atoms with Crippen molar-refractivity contribution in [2.45, 2.75) is 18.6 Å². The second-order valence-corrected chi connectivity index (χ2v) is 4.70. The Labute approximate surface area is 118 Å². The van der Waals surface area contributed by atoms with Gasteiger partial charge in [0.05, 0.1) is 18.8 Å². The lowest BCUT2D eigenvalue weighted by atomic mass is 10.1. The summed E-state index contributed by atoms with van der Waals surface area (Å²) in [5, 5.41) is 5.31. The van der Waals surface area contributed by atoms with Crippen molar-refractivity contribution in [2.75, 3.05) is 25.1 Å². The Morgan fingerprint density at radius 3 is 2.76 bits per heavy atom. The zero-order valence-electron chi connectivity index (χ0n) is 11.0. The third-order valence-electron chi connectivity index (χ3n) is 2.94. The molecule has 0 aliphatic carbocycles. The second kappa shape index (κ2) is 6.40. The number of anilines is 1. The molecule has 116 valence electrons. The standard InChI is InChI=1S/C13H14F4N2O2/c14-9-3-8(13(15,16)17)4-10(5-9)19-12(20)6-11-7-21-2-1-18-11/h3-5,11,18H,1-2,6-7H2,(H,19,20)/t11-/m1/s1. The van der Waals surface area contributed by atoms with Crippen molar-refractivity contribution < 1.29 is 27.1 Å². The highest BCUT2D eigenvalue weighted by Crippen LogP contribution is 2.31. The maximum Gasteiger partial charge on any atom is 0.416 e. The van der Waals surface area contributed by atoms with Crippen LogP contribution in [0.2, 0.25) is 0 Å². The predicted octanol–water partition coefficient (Wildman–Crippen LogP) is 2.16. The monoisotopic (exact) mass is 306 g/mol. The van der Waals surface area contributed by atoms with Crippen LogP contribution < -0.4 is 10.6 Å². The highest BCUT2D eigenvalue weighted by atomic mass is 19.4. The van der Waals surface area contributed by atoms with Gasteiger partial charge in [-0.3, -0.25) is 4.79 Å². The van der Waals surface area contributed by atoms with E-state index in [-0.39, 0.29) is 18.2 Å². The Balaban J connectivity index is 2.01. The second-order valence-electron chi connectivity index (χ2n) is 4.70. The molecule has 0 spiro atoms. The van der Waals surface area contributed by atoms with Crippen LogP contribution in [0.5, 0.6) is 0 Å². The lowest BCUT2D eigenvalue weighted by Gasteiger charge is -2.23. The molecule has 0 radical (unpaired) electrons. The predicted molar refractivity (Wildman–Crippen MR) is 67.3 cm³/mol. The molecule has 2 rings (SSSR count). The Morgan fingerprint density at radius 1 is 1.38 bits per heavy atom. The average molecular weight is 306 g/mol. The van der Waals surface area contributed by atoms with Crippen LogP contribution in [0.4, 0.5) is 23.2 Å². The molecular formula is C13H14F4N2O2. The maximum absolute atomic E-state index is 13.2. The van der Waals surface area contributed by atoms with Crippen LogP contribution in [0.25, 0.3) is 0 Å². The zero-order valence-corrected chi connectivity index (χ0v) is 11.0. The number of rotatable bonds is 3. The summed E-state index contributed by atoms with van der Waals surface area (Å²) in [6.45, 7) is 1.51. The summed E-state index contributed by atoms with van der Waals surface area (Å²) in [4.78, 5) is 11.7. The van der Waals surface area contributed by atoms with Crippen molar-refractivity contribution in [1.29, 1.82) is 0 Å². The van der Waals surface area contributed by atoms with Crippen LogP contribution in [-0.2, 0) is 15.7 Å². The van der Waals surface area contributed by atoms with E-state index in [0.717, 1.165) is 6.07 Å². The Kier molecular flexibility index (Phi) is 4.79. The topological polar surface area (TPSA) is 50.4 Å². The normalized spacial score (nSPS) is 19.3. The Bertz CT molecular complexity index is 513. The van der Waals surface area contributed by atoms with Gasteiger partial charge in [-0.05, 0) is 18.2 Å². The van der Waals surface area contributed by atoms with E-state index in [1.54, 1.807) is 0 Å². The van der Waals surface area contributed by atoms with Crippen LogP contribution >= 0.6 is 0 Å². The lowest BCUT2D eigenvalue weighted by Crippen LogP contribution is -2.43. The van der Waals surface area contributed by atoms with Crippen molar-refractivity contribution in [2.24, 2.45) is 0 Å². The molecule has 1 fully saturated rings. The van der Waals surface area contributed by atoms with E-state index in [1.807, 2.05) is 0 Å². The first-order chi connectivity index (χ1) is 9.84. The van der Waals surface area contributed by atoms with Gasteiger partial charge in [-0.15, -0.1) is 0 Å². The third kappa shape index (κ3) is 4.68. The Hall–Kier alpha value is -1.67. The summed E-state index contributed by atoms with van der Waals surface area (Å²) in [7, 11) is 0. The fourth-order valence-electron chi connectivity index (χ4n) is 2.01. The van der Waals surface area contributed by atoms with Gasteiger partial charge in [0.1, 0.15) is 5.82 Å². The zero-order chi connectivity index (χ0) is 15.5. The molecule has 4 nitrogen and oxygen atoms in total. The molecule has 1 amide bonds. The van der Waals surface area contributed by atoms with Gasteiger partial charge in [-0.2, -0.15) is 13.2 Å². The van der Waals surface area contributed by atoms with Gasteiger partial charge in [0.2, 0.25) is 5.91 Å². The van der Waals surface area contributed by atoms with Gasteiger partial charge in [0.25, 0.3) is 0 Å². The average Bonchev–Trinajstić information content (AvgIpc) is 2.37. The van der Waals surface area contributed by atoms with Crippen LogP contribution in [-0.4, -0.2) is 31.7 Å². The summed E-state index contributed by atoms with van der Waals surface area (Å²) in [6.07, 6.45) is -4.63. The molecule has 2 N–H and O–H groups in total. The molecule has 0 bridgehead atoms. The lowest BCUT2D eigenvalue weighted by molar-refractivity contribution is -0.137. The van der Waals surface area contributed by atoms with Gasteiger partial charge in [-0.1, -0.05) is 0 Å². The molecule has 1 aromatic carbocycles. The molecule has 1 saturated heterocycles. The fourth-order valence-corrected chi connectivity index (χ4v) is 2.01. The highest BCUT2D eigenvalue weighted by molar-refractivity contribution is 5.91. The molecular weight excluding hydrogens is 292 g/mol. The molecule has 0 unspecified atom stereocenters. The number of halogens is 4. The minimum atomic E-state index is -4.67. The van der Waals surface area contributed by atoms with Crippen molar-refractivity contribution in [1.82, 2.24) is 5.32 Å². The molecule has 0 saturated carbocycles. The number of carbonyl (C=O) groups excluding carboxylic acids is 1. The largest absolute Gasteiger partial charge is 0.416 e. The van der Waals surface area contributed by atoms with E-state index < -0.39 is 23.5 Å². The van der Waals surface area contributed by atoms with E-state index in [0.29, 0.717) is 31.9 Å². The smallest absolute Gasteiger partial charge is 0.378 e. The van der Waals surface area contributed by atoms with E-state index in [9.17, 15) is 22.4 Å². The van der Waals surface area contributed by atoms with Gasteiger partial charge < -0.3 is 15.4 Å². The molecule has 1 aliphatic heterocycles. The summed E-state index contributed by atoms with van der Waals surface area (Å²) < 4.78 is 56.0. The van der Waals surface area contributed by atoms with Gasteiger partial charge in [0.15, 0.2) is 0 Å². The van der Waals surface area contributed by atoms with E-state index in [2.05, 4.69) is 10.6 Å². The Morgan fingerprint density at radius 2 is 2.14 bits per heavy atom. The van der Waals surface area contributed by atoms with E-state index in [1.165, 1.54) is 0 Å². The summed E-state index contributed by atoms with van der Waals surface area (Å²) >= 11 is 0. The minimum Gasteiger partial charge on any atom is -0.378 e. The first-order valence-corrected chi connectivity index (χ1v) is 6.33. The van der Waals surface area contributed by atoms with E-state index >= 15 is 0 Å². The molecule has 1 aliphatic rings. The quantitative estimate of drug-likeness (QED) is 0.842. The van der Waals surface area contributed by atoms with Crippen LogP contribution in [0.3, 0.4) is 0 Å². The van der Waals surface area contributed by atoms with Gasteiger partial charge >= 0.3 is 6.18 Å². The minimum absolute atomic E-state index is 0.0395. The number of carbonyl (C=O) groups is 1. The molecule has 8 heteroatoms. The van der Waals surface area contributed by atoms with Crippen molar-refractivity contribution >= 4 is 11.6 Å². The number of benzene rings is 1. The molecule has 1 aromatic rings. The first-order valence-electron chi connectivity index (χ1n) is 6.33. The van der Waals surface area contributed by atoms with Crippen molar-refractivity contribution in [3.63, 3.8) is 0 Å². The van der Waals surface area contributed by atoms with Crippen molar-refractivity contribution in [3.8, 4) is 0 Å². The fraction of sp³-hybridized carbons (Fsp3) is 0.462. The van der Waals surface area contributed by atoms with Crippen molar-refractivity contribution in [3.05, 3.63) is 29.6 Å².